The highest BCUT2D eigenvalue weighted by Gasteiger charge is 2.21. The molecule has 8 heteroatoms. The summed E-state index contributed by atoms with van der Waals surface area (Å²) in [6.45, 7) is 1.06. The molecule has 3 heterocycles. The first-order chi connectivity index (χ1) is 12.3. The average molecular weight is 355 g/mol. The van der Waals surface area contributed by atoms with Gasteiger partial charge in [-0.15, -0.1) is 16.4 Å². The lowest BCUT2D eigenvalue weighted by Gasteiger charge is -2.06. The van der Waals surface area contributed by atoms with Crippen LogP contribution in [0.5, 0.6) is 0 Å². The minimum Gasteiger partial charge on any atom is -0.373 e. The molecule has 0 bridgehead atoms. The van der Waals surface area contributed by atoms with Gasteiger partial charge >= 0.3 is 0 Å². The van der Waals surface area contributed by atoms with Crippen LogP contribution in [0, 0.1) is 0 Å². The van der Waals surface area contributed by atoms with Gasteiger partial charge in [0, 0.05) is 11.5 Å². The van der Waals surface area contributed by atoms with Crippen LogP contribution >= 0.6 is 11.3 Å². The lowest BCUT2D eigenvalue weighted by atomic mass is 10.2. The molecule has 3 aromatic rings. The van der Waals surface area contributed by atoms with Gasteiger partial charge in [0.15, 0.2) is 5.82 Å². The van der Waals surface area contributed by atoms with Crippen molar-refractivity contribution in [2.45, 2.75) is 25.5 Å². The van der Waals surface area contributed by atoms with Gasteiger partial charge < -0.3 is 10.1 Å². The summed E-state index contributed by atoms with van der Waals surface area (Å²) in [5.74, 6) is 0.451. The number of amides is 1. The Balaban J connectivity index is 1.42. The van der Waals surface area contributed by atoms with Crippen LogP contribution in [0.3, 0.4) is 0 Å². The lowest BCUT2D eigenvalue weighted by molar-refractivity contribution is 0.0953. The number of aromatic nitrogens is 4. The summed E-state index contributed by atoms with van der Waals surface area (Å²) < 4.78 is 7.28. The van der Waals surface area contributed by atoms with E-state index in [2.05, 4.69) is 20.8 Å². The summed E-state index contributed by atoms with van der Waals surface area (Å²) in [5.41, 5.74) is 0.855. The quantitative estimate of drug-likeness (QED) is 0.760. The number of para-hydroxylation sites is 1. The van der Waals surface area contributed by atoms with Gasteiger partial charge in [-0.2, -0.15) is 4.68 Å². The molecule has 1 atom stereocenters. The van der Waals surface area contributed by atoms with E-state index >= 15 is 0 Å². The van der Waals surface area contributed by atoms with Gasteiger partial charge in [-0.1, -0.05) is 18.2 Å². The van der Waals surface area contributed by atoms with Crippen LogP contribution in [0.1, 0.15) is 39.3 Å². The minimum atomic E-state index is -0.128. The Morgan fingerprint density at radius 1 is 1.28 bits per heavy atom. The zero-order valence-electron chi connectivity index (χ0n) is 13.5. The zero-order chi connectivity index (χ0) is 17.1. The Hall–Kier alpha value is -2.58. The summed E-state index contributed by atoms with van der Waals surface area (Å²) in [4.78, 5) is 14.2. The summed E-state index contributed by atoms with van der Waals surface area (Å²) in [7, 11) is 0. The van der Waals surface area contributed by atoms with Crippen molar-refractivity contribution in [2.75, 3.05) is 6.61 Å². The van der Waals surface area contributed by atoms with E-state index in [0.717, 1.165) is 30.0 Å². The Bertz CT molecular complexity index is 855. The molecule has 0 unspecified atom stereocenters. The van der Waals surface area contributed by atoms with Crippen LogP contribution in [0.2, 0.25) is 0 Å². The van der Waals surface area contributed by atoms with E-state index < -0.39 is 0 Å². The highest BCUT2D eigenvalue weighted by Crippen LogP contribution is 2.33. The van der Waals surface area contributed by atoms with Crippen molar-refractivity contribution in [2.24, 2.45) is 0 Å². The van der Waals surface area contributed by atoms with Gasteiger partial charge in [0.25, 0.3) is 5.91 Å². The van der Waals surface area contributed by atoms with Crippen LogP contribution < -0.4 is 5.32 Å². The third-order valence-electron chi connectivity index (χ3n) is 4.04. The van der Waals surface area contributed by atoms with Crippen molar-refractivity contribution in [3.05, 3.63) is 58.0 Å². The predicted molar refractivity (Wildman–Crippen MR) is 92.6 cm³/mol. The van der Waals surface area contributed by atoms with Crippen LogP contribution in [0.25, 0.3) is 5.69 Å². The normalized spacial score (nSPS) is 16.9. The first-order valence-electron chi connectivity index (χ1n) is 8.13. The smallest absolute Gasteiger partial charge is 0.261 e. The first-order valence-corrected chi connectivity index (χ1v) is 8.95. The van der Waals surface area contributed by atoms with Gasteiger partial charge in [-0.25, -0.2) is 0 Å². The standard InChI is InChI=1S/C17H17N5O2S/c23-17(15-9-8-14(25-15)13-7-4-10-24-13)18-11-16-19-20-21-22(16)12-5-2-1-3-6-12/h1-3,5-6,8-9,13H,4,7,10-11H2,(H,18,23)/t13-/m0/s1. The van der Waals surface area contributed by atoms with E-state index in [4.69, 9.17) is 4.74 Å². The van der Waals surface area contributed by atoms with E-state index in [-0.39, 0.29) is 18.6 Å². The number of ether oxygens (including phenoxy) is 1. The first kappa shape index (κ1) is 15.9. The number of rotatable bonds is 5. The van der Waals surface area contributed by atoms with E-state index in [1.807, 2.05) is 42.5 Å². The number of benzene rings is 1. The molecule has 1 aromatic carbocycles. The minimum absolute atomic E-state index is 0.128. The van der Waals surface area contributed by atoms with Crippen molar-refractivity contribution in [1.82, 2.24) is 25.5 Å². The molecular weight excluding hydrogens is 338 g/mol. The van der Waals surface area contributed by atoms with Crippen LogP contribution in [-0.2, 0) is 11.3 Å². The second-order valence-corrected chi connectivity index (χ2v) is 6.84. The van der Waals surface area contributed by atoms with Crippen molar-refractivity contribution in [3.8, 4) is 5.69 Å². The third-order valence-corrected chi connectivity index (χ3v) is 5.22. The topological polar surface area (TPSA) is 81.9 Å². The summed E-state index contributed by atoms with van der Waals surface area (Å²) >= 11 is 1.48. The van der Waals surface area contributed by atoms with E-state index in [1.54, 1.807) is 4.68 Å². The second kappa shape index (κ2) is 7.12. The molecule has 1 fully saturated rings. The van der Waals surface area contributed by atoms with Gasteiger partial charge in [0.05, 0.1) is 23.2 Å². The molecule has 1 N–H and O–H groups in total. The molecule has 7 nitrogen and oxygen atoms in total. The lowest BCUT2D eigenvalue weighted by Crippen LogP contribution is -2.24. The number of carbonyl (C=O) groups is 1. The van der Waals surface area contributed by atoms with Crippen molar-refractivity contribution < 1.29 is 9.53 Å². The number of nitrogens with zero attached hydrogens (tertiary/aromatic N) is 4. The zero-order valence-corrected chi connectivity index (χ0v) is 14.3. The van der Waals surface area contributed by atoms with Crippen LogP contribution in [-0.4, -0.2) is 32.7 Å². The van der Waals surface area contributed by atoms with Gasteiger partial charge in [-0.3, -0.25) is 4.79 Å². The van der Waals surface area contributed by atoms with Crippen molar-refractivity contribution in [3.63, 3.8) is 0 Å². The molecule has 4 rings (SSSR count). The van der Waals surface area contributed by atoms with Crippen LogP contribution in [0.15, 0.2) is 42.5 Å². The average Bonchev–Trinajstić information content (AvgIpc) is 3.41. The summed E-state index contributed by atoms with van der Waals surface area (Å²) in [5, 5.41) is 14.6. The molecule has 0 saturated carbocycles. The predicted octanol–water partition coefficient (Wildman–Crippen LogP) is 2.51. The van der Waals surface area contributed by atoms with E-state index in [9.17, 15) is 4.79 Å². The summed E-state index contributed by atoms with van der Waals surface area (Å²) in [6, 6.07) is 13.4. The highest BCUT2D eigenvalue weighted by atomic mass is 32.1. The maximum atomic E-state index is 12.4. The number of hydrogen-bond acceptors (Lipinski definition) is 6. The Kier molecular flexibility index (Phi) is 4.53. The summed E-state index contributed by atoms with van der Waals surface area (Å²) in [6.07, 6.45) is 2.23. The largest absolute Gasteiger partial charge is 0.373 e. The molecule has 1 saturated heterocycles. The Morgan fingerprint density at radius 3 is 2.96 bits per heavy atom. The van der Waals surface area contributed by atoms with E-state index in [1.165, 1.54) is 11.3 Å². The fraction of sp³-hybridized carbons (Fsp3) is 0.294. The third kappa shape index (κ3) is 3.45. The number of thiophene rings is 1. The van der Waals surface area contributed by atoms with Gasteiger partial charge in [-0.05, 0) is 47.5 Å². The van der Waals surface area contributed by atoms with Crippen molar-refractivity contribution >= 4 is 17.2 Å². The van der Waals surface area contributed by atoms with Gasteiger partial charge in [0.2, 0.25) is 0 Å². The SMILES string of the molecule is O=C(NCc1nnnn1-c1ccccc1)c1ccc([C@@H]2CCCO2)s1. The maximum absolute atomic E-state index is 12.4. The molecule has 0 spiro atoms. The molecule has 1 amide bonds. The number of nitrogens with one attached hydrogen (secondary N) is 1. The molecule has 0 aliphatic carbocycles. The maximum Gasteiger partial charge on any atom is 0.261 e. The number of hydrogen-bond donors (Lipinski definition) is 1. The molecule has 0 radical (unpaired) electrons. The molecule has 2 aromatic heterocycles. The molecule has 1 aliphatic heterocycles. The number of carbonyl (C=O) groups excluding carboxylic acids is 1. The number of tetrazole rings is 1. The monoisotopic (exact) mass is 355 g/mol. The Morgan fingerprint density at radius 2 is 2.16 bits per heavy atom. The Labute approximate surface area is 148 Å². The molecular formula is C17H17N5O2S. The molecule has 1 aliphatic rings. The highest BCUT2D eigenvalue weighted by molar-refractivity contribution is 7.14. The van der Waals surface area contributed by atoms with Crippen LogP contribution in [0.4, 0.5) is 0 Å². The van der Waals surface area contributed by atoms with E-state index in [0.29, 0.717) is 10.7 Å². The molecule has 25 heavy (non-hydrogen) atoms. The fourth-order valence-electron chi connectivity index (χ4n) is 2.78. The van der Waals surface area contributed by atoms with Gasteiger partial charge in [0.1, 0.15) is 0 Å². The molecule has 128 valence electrons. The fourth-order valence-corrected chi connectivity index (χ4v) is 3.79. The second-order valence-electron chi connectivity index (χ2n) is 5.73. The van der Waals surface area contributed by atoms with Crippen molar-refractivity contribution in [1.29, 1.82) is 0 Å².